The number of carbonyl (C=O) groups is 2. The largest absolute Gasteiger partial charge is 0.488 e. The number of hydrogen-bond acceptors (Lipinski definition) is 6. The first kappa shape index (κ1) is 19.4. The smallest absolute Gasteiger partial charge is 0.256 e. The maximum absolute atomic E-state index is 13.1. The molecule has 1 fully saturated rings. The summed E-state index contributed by atoms with van der Waals surface area (Å²) in [6, 6.07) is 5.42. The van der Waals surface area contributed by atoms with Gasteiger partial charge in [-0.1, -0.05) is 0 Å². The van der Waals surface area contributed by atoms with E-state index in [0.29, 0.717) is 47.5 Å². The standard InChI is InChI=1S/C21H23N3O4S/c1-12-18(19(25)24-21(7-4-8-21)20(26)22-3)16-9-14(5-6-17(16)28-12)27-11-15-10-23-13(2)29-15/h5-6,9-10H,4,7-8,11H2,1-3H3,(H,22,26)(H,24,25). The van der Waals surface area contributed by atoms with Crippen molar-refractivity contribution in [3.8, 4) is 5.75 Å². The molecule has 0 saturated heterocycles. The number of carbonyl (C=O) groups excluding carboxylic acids is 2. The summed E-state index contributed by atoms with van der Waals surface area (Å²) in [6.45, 7) is 4.12. The van der Waals surface area contributed by atoms with Crippen molar-refractivity contribution < 1.29 is 18.7 Å². The molecular formula is C21H23N3O4S. The van der Waals surface area contributed by atoms with Gasteiger partial charge in [-0.3, -0.25) is 9.59 Å². The van der Waals surface area contributed by atoms with Crippen LogP contribution in [0.1, 0.15) is 45.3 Å². The quantitative estimate of drug-likeness (QED) is 0.645. The predicted molar refractivity (Wildman–Crippen MR) is 110 cm³/mol. The second-order valence-electron chi connectivity index (χ2n) is 7.29. The molecule has 152 valence electrons. The summed E-state index contributed by atoms with van der Waals surface area (Å²) >= 11 is 1.59. The normalized spacial score (nSPS) is 15.0. The second kappa shape index (κ2) is 7.51. The molecule has 1 aliphatic carbocycles. The first-order valence-corrected chi connectivity index (χ1v) is 10.4. The minimum Gasteiger partial charge on any atom is -0.488 e. The highest BCUT2D eigenvalue weighted by atomic mass is 32.1. The summed E-state index contributed by atoms with van der Waals surface area (Å²) in [7, 11) is 1.58. The van der Waals surface area contributed by atoms with E-state index >= 15 is 0 Å². The van der Waals surface area contributed by atoms with Crippen molar-refractivity contribution in [2.24, 2.45) is 0 Å². The Morgan fingerprint density at radius 2 is 2.10 bits per heavy atom. The summed E-state index contributed by atoms with van der Waals surface area (Å²) < 4.78 is 11.6. The number of aromatic nitrogens is 1. The molecule has 2 heterocycles. The number of nitrogens with zero attached hydrogens (tertiary/aromatic N) is 1. The topological polar surface area (TPSA) is 93.5 Å². The minimum absolute atomic E-state index is 0.161. The molecule has 2 aromatic heterocycles. The maximum atomic E-state index is 13.1. The summed E-state index contributed by atoms with van der Waals surface area (Å²) in [5.41, 5.74) is 0.213. The zero-order chi connectivity index (χ0) is 20.6. The third-order valence-corrected chi connectivity index (χ3v) is 6.22. The van der Waals surface area contributed by atoms with Crippen LogP contribution >= 0.6 is 11.3 Å². The fourth-order valence-electron chi connectivity index (χ4n) is 3.66. The Labute approximate surface area is 172 Å². The maximum Gasteiger partial charge on any atom is 0.256 e. The molecule has 4 rings (SSSR count). The monoisotopic (exact) mass is 413 g/mol. The average molecular weight is 413 g/mol. The number of hydrogen-bond donors (Lipinski definition) is 2. The van der Waals surface area contributed by atoms with E-state index in [4.69, 9.17) is 9.15 Å². The summed E-state index contributed by atoms with van der Waals surface area (Å²) in [5.74, 6) is 0.688. The Balaban J connectivity index is 1.59. The fraction of sp³-hybridized carbons (Fsp3) is 0.381. The van der Waals surface area contributed by atoms with Gasteiger partial charge < -0.3 is 19.8 Å². The molecule has 1 aromatic carbocycles. The molecule has 0 unspecified atom stereocenters. The van der Waals surface area contributed by atoms with Crippen molar-refractivity contribution in [1.82, 2.24) is 15.6 Å². The number of nitrogens with one attached hydrogen (secondary N) is 2. The SMILES string of the molecule is CNC(=O)C1(NC(=O)c2c(C)oc3ccc(OCc4cnc(C)s4)cc23)CCC1. The number of benzene rings is 1. The molecule has 2 N–H and O–H groups in total. The number of rotatable bonds is 6. The van der Waals surface area contributed by atoms with Gasteiger partial charge in [0, 0.05) is 18.6 Å². The summed E-state index contributed by atoms with van der Waals surface area (Å²) in [6.07, 6.45) is 3.98. The number of fused-ring (bicyclic) bond motifs is 1. The lowest BCUT2D eigenvalue weighted by Crippen LogP contribution is -2.62. The van der Waals surface area contributed by atoms with E-state index in [2.05, 4.69) is 15.6 Å². The Hall–Kier alpha value is -2.87. The van der Waals surface area contributed by atoms with Gasteiger partial charge in [0.2, 0.25) is 5.91 Å². The van der Waals surface area contributed by atoms with Gasteiger partial charge in [0.1, 0.15) is 29.2 Å². The van der Waals surface area contributed by atoms with Gasteiger partial charge in [-0.05, 0) is 51.3 Å². The molecular weight excluding hydrogens is 390 g/mol. The lowest BCUT2D eigenvalue weighted by atomic mass is 9.75. The van der Waals surface area contributed by atoms with Crippen LogP contribution in [0.15, 0.2) is 28.8 Å². The van der Waals surface area contributed by atoms with Crippen LogP contribution in [-0.2, 0) is 11.4 Å². The predicted octanol–water partition coefficient (Wildman–Crippen LogP) is 3.48. The molecule has 2 amide bonds. The van der Waals surface area contributed by atoms with Crippen LogP contribution < -0.4 is 15.4 Å². The number of ether oxygens (including phenoxy) is 1. The first-order valence-electron chi connectivity index (χ1n) is 9.54. The molecule has 29 heavy (non-hydrogen) atoms. The van der Waals surface area contributed by atoms with E-state index < -0.39 is 5.54 Å². The highest BCUT2D eigenvalue weighted by Crippen LogP contribution is 2.34. The number of likely N-dealkylation sites (N-methyl/N-ethyl adjacent to an activating group) is 1. The molecule has 0 atom stereocenters. The van der Waals surface area contributed by atoms with Gasteiger partial charge in [0.25, 0.3) is 5.91 Å². The third-order valence-electron chi connectivity index (χ3n) is 5.33. The highest BCUT2D eigenvalue weighted by molar-refractivity contribution is 7.11. The number of aryl methyl sites for hydroxylation is 2. The van der Waals surface area contributed by atoms with Gasteiger partial charge >= 0.3 is 0 Å². The molecule has 7 nitrogen and oxygen atoms in total. The van der Waals surface area contributed by atoms with E-state index in [1.807, 2.05) is 19.1 Å². The molecule has 0 aliphatic heterocycles. The van der Waals surface area contributed by atoms with Gasteiger partial charge in [-0.15, -0.1) is 11.3 Å². The van der Waals surface area contributed by atoms with E-state index in [-0.39, 0.29) is 11.8 Å². The van der Waals surface area contributed by atoms with Crippen LogP contribution in [0.25, 0.3) is 11.0 Å². The van der Waals surface area contributed by atoms with Crippen LogP contribution in [0, 0.1) is 13.8 Å². The van der Waals surface area contributed by atoms with Crippen molar-refractivity contribution in [3.05, 3.63) is 45.6 Å². The van der Waals surface area contributed by atoms with Gasteiger partial charge in [-0.25, -0.2) is 4.98 Å². The van der Waals surface area contributed by atoms with Crippen molar-refractivity contribution in [1.29, 1.82) is 0 Å². The van der Waals surface area contributed by atoms with Crippen LogP contribution in [-0.4, -0.2) is 29.4 Å². The molecule has 3 aromatic rings. The minimum atomic E-state index is -0.833. The van der Waals surface area contributed by atoms with E-state index in [1.165, 1.54) is 0 Å². The summed E-state index contributed by atoms with van der Waals surface area (Å²) in [4.78, 5) is 30.6. The Bertz CT molecular complexity index is 1080. The molecule has 0 bridgehead atoms. The van der Waals surface area contributed by atoms with Crippen molar-refractivity contribution in [2.45, 2.75) is 45.3 Å². The van der Waals surface area contributed by atoms with Crippen LogP contribution in [0.3, 0.4) is 0 Å². The van der Waals surface area contributed by atoms with Gasteiger partial charge in [0.15, 0.2) is 0 Å². The van der Waals surface area contributed by atoms with Gasteiger partial charge in [-0.2, -0.15) is 0 Å². The zero-order valence-corrected chi connectivity index (χ0v) is 17.4. The number of amides is 2. The molecule has 1 aliphatic rings. The molecule has 1 saturated carbocycles. The lowest BCUT2D eigenvalue weighted by molar-refractivity contribution is -0.130. The Kier molecular flexibility index (Phi) is 5.04. The molecule has 0 radical (unpaired) electrons. The summed E-state index contributed by atoms with van der Waals surface area (Å²) in [5, 5.41) is 7.25. The van der Waals surface area contributed by atoms with Crippen molar-refractivity contribution in [2.75, 3.05) is 7.05 Å². The zero-order valence-electron chi connectivity index (χ0n) is 16.6. The van der Waals surface area contributed by atoms with Crippen LogP contribution in [0.4, 0.5) is 0 Å². The molecule has 0 spiro atoms. The van der Waals surface area contributed by atoms with Crippen molar-refractivity contribution in [3.63, 3.8) is 0 Å². The van der Waals surface area contributed by atoms with Crippen LogP contribution in [0.2, 0.25) is 0 Å². The molecule has 8 heteroatoms. The fourth-order valence-corrected chi connectivity index (χ4v) is 4.36. The van der Waals surface area contributed by atoms with Crippen molar-refractivity contribution >= 4 is 34.1 Å². The van der Waals surface area contributed by atoms with E-state index in [9.17, 15) is 9.59 Å². The lowest BCUT2D eigenvalue weighted by Gasteiger charge is -2.40. The Morgan fingerprint density at radius 1 is 1.31 bits per heavy atom. The van der Waals surface area contributed by atoms with E-state index in [1.54, 1.807) is 37.6 Å². The second-order valence-corrected chi connectivity index (χ2v) is 8.61. The highest BCUT2D eigenvalue weighted by Gasteiger charge is 2.45. The Morgan fingerprint density at radius 3 is 2.72 bits per heavy atom. The van der Waals surface area contributed by atoms with E-state index in [0.717, 1.165) is 16.3 Å². The van der Waals surface area contributed by atoms with Gasteiger partial charge in [0.05, 0.1) is 15.4 Å². The first-order chi connectivity index (χ1) is 13.9. The number of furan rings is 1. The third kappa shape index (κ3) is 3.60. The van der Waals surface area contributed by atoms with Crippen LogP contribution in [0.5, 0.6) is 5.75 Å². The average Bonchev–Trinajstić information content (AvgIpc) is 3.23. The number of thiazole rings is 1.